The molecule has 2 aromatic rings. The molecule has 1 aliphatic rings. The average molecular weight is 309 g/mol. The molecule has 3 rings (SSSR count). The third kappa shape index (κ3) is 2.80. The van der Waals surface area contributed by atoms with Crippen molar-refractivity contribution >= 4 is 15.7 Å². The Hall–Kier alpha value is -2.22. The molecule has 21 heavy (non-hydrogen) atoms. The molecule has 0 unspecified atom stereocenters. The van der Waals surface area contributed by atoms with Crippen LogP contribution >= 0.6 is 0 Å². The van der Waals surface area contributed by atoms with Gasteiger partial charge in [0.25, 0.3) is 10.0 Å². The second-order valence-corrected chi connectivity index (χ2v) is 6.16. The fourth-order valence-corrected chi connectivity index (χ4v) is 2.97. The van der Waals surface area contributed by atoms with Gasteiger partial charge in [0.1, 0.15) is 19.0 Å². The molecule has 0 radical (unpaired) electrons. The Morgan fingerprint density at radius 2 is 2.05 bits per heavy atom. The first-order chi connectivity index (χ1) is 10.1. The highest BCUT2D eigenvalue weighted by atomic mass is 32.2. The lowest BCUT2D eigenvalue weighted by Crippen LogP contribution is -2.17. The van der Waals surface area contributed by atoms with Gasteiger partial charge >= 0.3 is 0 Å². The van der Waals surface area contributed by atoms with E-state index < -0.39 is 10.0 Å². The maximum atomic E-state index is 12.2. The molecule has 0 amide bonds. The maximum absolute atomic E-state index is 12.2. The van der Waals surface area contributed by atoms with Gasteiger partial charge in [0, 0.05) is 12.5 Å². The summed E-state index contributed by atoms with van der Waals surface area (Å²) in [6.45, 7) is 2.83. The molecule has 0 bridgehead atoms. The lowest BCUT2D eigenvalue weighted by atomic mass is 10.3. The first-order valence-electron chi connectivity index (χ1n) is 6.55. The molecule has 7 nitrogen and oxygen atoms in total. The quantitative estimate of drug-likeness (QED) is 0.893. The zero-order valence-electron chi connectivity index (χ0n) is 11.4. The van der Waals surface area contributed by atoms with E-state index in [1.54, 1.807) is 18.2 Å². The molecule has 0 aliphatic carbocycles. The number of aromatic nitrogens is 2. The van der Waals surface area contributed by atoms with Gasteiger partial charge < -0.3 is 14.5 Å². The number of nitrogens with zero attached hydrogens (tertiary/aromatic N) is 1. The van der Waals surface area contributed by atoms with Gasteiger partial charge in [0.2, 0.25) is 0 Å². The predicted octanol–water partition coefficient (Wildman–Crippen LogP) is 1.54. The third-order valence-electron chi connectivity index (χ3n) is 3.02. The van der Waals surface area contributed by atoms with Crippen molar-refractivity contribution < 1.29 is 17.9 Å². The van der Waals surface area contributed by atoms with Gasteiger partial charge in [0.15, 0.2) is 16.5 Å². The largest absolute Gasteiger partial charge is 0.486 e. The molecule has 1 aliphatic heterocycles. The van der Waals surface area contributed by atoms with Crippen molar-refractivity contribution in [3.63, 3.8) is 0 Å². The number of hydrogen-bond donors (Lipinski definition) is 2. The first-order valence-corrected chi connectivity index (χ1v) is 8.03. The summed E-state index contributed by atoms with van der Waals surface area (Å²) in [6.07, 6.45) is 1.94. The summed E-state index contributed by atoms with van der Waals surface area (Å²) in [5.41, 5.74) is 0.409. The Bertz CT molecular complexity index is 755. The van der Waals surface area contributed by atoms with Crippen LogP contribution in [-0.4, -0.2) is 31.6 Å². The van der Waals surface area contributed by atoms with E-state index in [1.165, 1.54) is 6.20 Å². The first kappa shape index (κ1) is 13.7. The van der Waals surface area contributed by atoms with Crippen LogP contribution in [0.25, 0.3) is 0 Å². The summed E-state index contributed by atoms with van der Waals surface area (Å²) in [4.78, 5) is 6.76. The lowest BCUT2D eigenvalue weighted by molar-refractivity contribution is 0.171. The van der Waals surface area contributed by atoms with E-state index in [0.717, 1.165) is 0 Å². The monoisotopic (exact) mass is 309 g/mol. The summed E-state index contributed by atoms with van der Waals surface area (Å²) in [5.74, 6) is 1.76. The normalized spacial score (nSPS) is 14.0. The second-order valence-electron chi connectivity index (χ2n) is 4.51. The average Bonchev–Trinajstić information content (AvgIpc) is 2.96. The van der Waals surface area contributed by atoms with Crippen molar-refractivity contribution in [2.45, 2.75) is 18.4 Å². The van der Waals surface area contributed by atoms with Crippen LogP contribution in [0.4, 0.5) is 5.69 Å². The number of aromatic amines is 1. The Kier molecular flexibility index (Phi) is 3.46. The number of ether oxygens (including phenoxy) is 2. The van der Waals surface area contributed by atoms with Crippen LogP contribution in [0.1, 0.15) is 12.7 Å². The molecule has 0 atom stereocenters. The molecule has 1 aromatic carbocycles. The van der Waals surface area contributed by atoms with E-state index in [9.17, 15) is 8.42 Å². The van der Waals surface area contributed by atoms with Gasteiger partial charge in [-0.15, -0.1) is 0 Å². The highest BCUT2D eigenvalue weighted by Crippen LogP contribution is 2.33. The van der Waals surface area contributed by atoms with Crippen LogP contribution in [0.15, 0.2) is 29.4 Å². The molecule has 112 valence electrons. The zero-order valence-corrected chi connectivity index (χ0v) is 12.2. The minimum absolute atomic E-state index is 0.0363. The number of H-pyrrole nitrogens is 1. The smallest absolute Gasteiger partial charge is 0.278 e. The van der Waals surface area contributed by atoms with Gasteiger partial charge in [-0.1, -0.05) is 6.92 Å². The Labute approximate surface area is 122 Å². The van der Waals surface area contributed by atoms with Crippen LogP contribution in [0.5, 0.6) is 11.5 Å². The van der Waals surface area contributed by atoms with Crippen molar-refractivity contribution in [2.24, 2.45) is 0 Å². The Balaban J connectivity index is 1.85. The summed E-state index contributed by atoms with van der Waals surface area (Å²) in [5, 5.41) is 0.0363. The fourth-order valence-electron chi connectivity index (χ4n) is 1.98. The van der Waals surface area contributed by atoms with Gasteiger partial charge in [-0.05, 0) is 12.1 Å². The minimum Gasteiger partial charge on any atom is -0.486 e. The molecule has 0 fully saturated rings. The van der Waals surface area contributed by atoms with Crippen LogP contribution in [0.3, 0.4) is 0 Å². The molecule has 0 saturated carbocycles. The van der Waals surface area contributed by atoms with E-state index in [-0.39, 0.29) is 5.03 Å². The maximum Gasteiger partial charge on any atom is 0.278 e. The topological polar surface area (TPSA) is 93.3 Å². The van der Waals surface area contributed by atoms with Crippen LogP contribution in [0, 0.1) is 0 Å². The van der Waals surface area contributed by atoms with Crippen molar-refractivity contribution in [3.8, 4) is 11.5 Å². The van der Waals surface area contributed by atoms with Crippen molar-refractivity contribution in [2.75, 3.05) is 17.9 Å². The highest BCUT2D eigenvalue weighted by Gasteiger charge is 2.19. The van der Waals surface area contributed by atoms with E-state index in [1.807, 2.05) is 6.92 Å². The predicted molar refractivity (Wildman–Crippen MR) is 76.2 cm³/mol. The van der Waals surface area contributed by atoms with Crippen molar-refractivity contribution in [1.82, 2.24) is 9.97 Å². The second kappa shape index (κ2) is 5.28. The van der Waals surface area contributed by atoms with Crippen molar-refractivity contribution in [3.05, 3.63) is 30.2 Å². The van der Waals surface area contributed by atoms with Gasteiger partial charge in [-0.2, -0.15) is 8.42 Å². The number of aryl methyl sites for hydroxylation is 1. The summed E-state index contributed by atoms with van der Waals surface area (Å²) in [7, 11) is -3.69. The van der Waals surface area contributed by atoms with E-state index in [2.05, 4.69) is 14.7 Å². The molecule has 0 saturated heterocycles. The molecule has 8 heteroatoms. The Morgan fingerprint density at radius 3 is 2.76 bits per heavy atom. The highest BCUT2D eigenvalue weighted by molar-refractivity contribution is 7.92. The number of fused-ring (bicyclic) bond motifs is 1. The van der Waals surface area contributed by atoms with Crippen molar-refractivity contribution in [1.29, 1.82) is 0 Å². The summed E-state index contributed by atoms with van der Waals surface area (Å²) < 4.78 is 37.8. The zero-order chi connectivity index (χ0) is 14.9. The Morgan fingerprint density at radius 1 is 1.29 bits per heavy atom. The standard InChI is InChI=1S/C13H15N3O4S/c1-2-12-14-8-13(15-12)21(17,18)16-9-3-4-10-11(7-9)20-6-5-19-10/h3-4,7-8,16H,2,5-6H2,1H3,(H,14,15). The van der Waals surface area contributed by atoms with E-state index >= 15 is 0 Å². The number of sulfonamides is 1. The molecular formula is C13H15N3O4S. The van der Waals surface area contributed by atoms with Gasteiger partial charge in [0.05, 0.1) is 11.9 Å². The molecule has 2 heterocycles. The summed E-state index contributed by atoms with van der Waals surface area (Å²) in [6, 6.07) is 4.90. The molecule has 2 N–H and O–H groups in total. The van der Waals surface area contributed by atoms with Crippen LogP contribution in [-0.2, 0) is 16.4 Å². The van der Waals surface area contributed by atoms with Gasteiger partial charge in [-0.25, -0.2) is 4.98 Å². The number of benzene rings is 1. The molecule has 0 spiro atoms. The van der Waals surface area contributed by atoms with E-state index in [0.29, 0.717) is 42.6 Å². The number of imidazole rings is 1. The minimum atomic E-state index is -3.69. The molecule has 1 aromatic heterocycles. The lowest BCUT2D eigenvalue weighted by Gasteiger charge is -2.19. The van der Waals surface area contributed by atoms with Gasteiger partial charge in [-0.3, -0.25) is 4.72 Å². The van der Waals surface area contributed by atoms with E-state index in [4.69, 9.17) is 9.47 Å². The van der Waals surface area contributed by atoms with Crippen LogP contribution in [0.2, 0.25) is 0 Å². The molecular weight excluding hydrogens is 294 g/mol. The third-order valence-corrected chi connectivity index (χ3v) is 4.31. The number of hydrogen-bond acceptors (Lipinski definition) is 5. The van der Waals surface area contributed by atoms with Crippen LogP contribution < -0.4 is 14.2 Å². The number of anilines is 1. The fraction of sp³-hybridized carbons (Fsp3) is 0.308. The summed E-state index contributed by atoms with van der Waals surface area (Å²) >= 11 is 0. The number of nitrogens with one attached hydrogen (secondary N) is 2. The number of rotatable bonds is 4. The SMILES string of the molecule is CCc1ncc(S(=O)(=O)Nc2ccc3c(c2)OCCO3)[nH]1.